The van der Waals surface area contributed by atoms with Gasteiger partial charge in [-0.1, -0.05) is 23.2 Å². The molecule has 3 rings (SSSR count). The smallest absolute Gasteiger partial charge is 0.269 e. The second-order valence-corrected chi connectivity index (χ2v) is 8.47. The lowest BCUT2D eigenvalue weighted by Crippen LogP contribution is -2.42. The van der Waals surface area contributed by atoms with Gasteiger partial charge in [0.1, 0.15) is 4.90 Å². The van der Waals surface area contributed by atoms with Gasteiger partial charge in [-0.05, 0) is 55.3 Å². The fourth-order valence-electron chi connectivity index (χ4n) is 2.22. The predicted molar refractivity (Wildman–Crippen MR) is 102 cm³/mol. The zero-order valence-electron chi connectivity index (χ0n) is 13.8. The summed E-state index contributed by atoms with van der Waals surface area (Å²) >= 11 is 11.8. The van der Waals surface area contributed by atoms with E-state index in [9.17, 15) is 18.0 Å². The first-order chi connectivity index (χ1) is 12.8. The molecule has 0 bridgehead atoms. The summed E-state index contributed by atoms with van der Waals surface area (Å²) in [5.74, 6) is -0.992. The third-order valence-electron chi connectivity index (χ3n) is 3.83. The Morgan fingerprint density at radius 2 is 1.63 bits per heavy atom. The first-order valence-electron chi connectivity index (χ1n) is 7.94. The van der Waals surface area contributed by atoms with Crippen LogP contribution in [0.3, 0.4) is 0 Å². The summed E-state index contributed by atoms with van der Waals surface area (Å²) in [4.78, 5) is 23.5. The molecule has 27 heavy (non-hydrogen) atoms. The van der Waals surface area contributed by atoms with E-state index in [0.29, 0.717) is 10.7 Å². The summed E-state index contributed by atoms with van der Waals surface area (Å²) in [5, 5.41) is 0.415. The Kier molecular flexibility index (Phi) is 5.59. The Bertz CT molecular complexity index is 990. The van der Waals surface area contributed by atoms with E-state index >= 15 is 0 Å². The van der Waals surface area contributed by atoms with Crippen LogP contribution < -0.4 is 15.6 Å². The second kappa shape index (κ2) is 7.75. The number of rotatable bonds is 5. The lowest BCUT2D eigenvalue weighted by Gasteiger charge is -2.12. The number of amides is 2. The van der Waals surface area contributed by atoms with Gasteiger partial charge in [-0.15, -0.1) is 0 Å². The van der Waals surface area contributed by atoms with Crippen LogP contribution in [0.2, 0.25) is 10.0 Å². The summed E-state index contributed by atoms with van der Waals surface area (Å²) < 4.78 is 27.6. The van der Waals surface area contributed by atoms with Crippen LogP contribution in [0.1, 0.15) is 23.2 Å². The van der Waals surface area contributed by atoms with E-state index in [1.165, 1.54) is 36.4 Å². The third-order valence-corrected chi connectivity index (χ3v) is 5.94. The molecule has 0 heterocycles. The van der Waals surface area contributed by atoms with E-state index < -0.39 is 15.9 Å². The highest BCUT2D eigenvalue weighted by Crippen LogP contribution is 2.28. The highest BCUT2D eigenvalue weighted by Gasteiger charge is 2.30. The highest BCUT2D eigenvalue weighted by molar-refractivity contribution is 7.92. The number of nitrogens with one attached hydrogen (secondary N) is 3. The Morgan fingerprint density at radius 1 is 0.963 bits per heavy atom. The van der Waals surface area contributed by atoms with Gasteiger partial charge in [0.15, 0.2) is 0 Å². The SMILES string of the molecule is O=C(NNC(=O)C1CC1)c1ccc(Cl)c(S(=O)(=O)Nc2ccc(Cl)cc2)c1. The van der Waals surface area contributed by atoms with E-state index in [-0.39, 0.29) is 27.3 Å². The lowest BCUT2D eigenvalue weighted by molar-refractivity contribution is -0.123. The number of benzene rings is 2. The average Bonchev–Trinajstić information content (AvgIpc) is 3.46. The molecular formula is C17H15Cl2N3O4S. The van der Waals surface area contributed by atoms with Gasteiger partial charge in [-0.25, -0.2) is 8.42 Å². The zero-order valence-corrected chi connectivity index (χ0v) is 16.2. The van der Waals surface area contributed by atoms with Crippen molar-refractivity contribution in [3.63, 3.8) is 0 Å². The molecular weight excluding hydrogens is 413 g/mol. The van der Waals surface area contributed by atoms with E-state index in [0.717, 1.165) is 18.9 Å². The Labute approximate surface area is 166 Å². The van der Waals surface area contributed by atoms with Crippen molar-refractivity contribution >= 4 is 50.7 Å². The van der Waals surface area contributed by atoms with E-state index in [2.05, 4.69) is 15.6 Å². The topological polar surface area (TPSA) is 104 Å². The summed E-state index contributed by atoms with van der Waals surface area (Å²) in [6.45, 7) is 0. The Hall–Kier alpha value is -2.29. The van der Waals surface area contributed by atoms with Crippen molar-refractivity contribution in [1.82, 2.24) is 10.9 Å². The van der Waals surface area contributed by atoms with Crippen molar-refractivity contribution in [2.75, 3.05) is 4.72 Å². The van der Waals surface area contributed by atoms with Gasteiger partial charge in [-0.3, -0.25) is 25.2 Å². The van der Waals surface area contributed by atoms with Crippen molar-refractivity contribution in [3.8, 4) is 0 Å². The molecule has 142 valence electrons. The largest absolute Gasteiger partial charge is 0.280 e. The quantitative estimate of drug-likeness (QED) is 0.637. The maximum atomic E-state index is 12.6. The number of sulfonamides is 1. The van der Waals surface area contributed by atoms with Crippen molar-refractivity contribution in [1.29, 1.82) is 0 Å². The molecule has 0 saturated heterocycles. The van der Waals surface area contributed by atoms with Crippen molar-refractivity contribution < 1.29 is 18.0 Å². The minimum atomic E-state index is -4.04. The summed E-state index contributed by atoms with van der Waals surface area (Å²) in [5.41, 5.74) is 4.90. The molecule has 3 N–H and O–H groups in total. The van der Waals surface area contributed by atoms with Gasteiger partial charge in [0.25, 0.3) is 15.9 Å². The van der Waals surface area contributed by atoms with Crippen LogP contribution in [0.25, 0.3) is 0 Å². The number of hydrogen-bond acceptors (Lipinski definition) is 4. The zero-order chi connectivity index (χ0) is 19.6. The average molecular weight is 428 g/mol. The Morgan fingerprint density at radius 3 is 2.26 bits per heavy atom. The molecule has 2 amide bonds. The van der Waals surface area contributed by atoms with Gasteiger partial charge in [0.05, 0.1) is 5.02 Å². The molecule has 2 aromatic carbocycles. The van der Waals surface area contributed by atoms with Gasteiger partial charge in [0.2, 0.25) is 5.91 Å². The van der Waals surface area contributed by atoms with Crippen LogP contribution in [-0.4, -0.2) is 20.2 Å². The van der Waals surface area contributed by atoms with Crippen LogP contribution in [0, 0.1) is 5.92 Å². The summed E-state index contributed by atoms with van der Waals surface area (Å²) in [7, 11) is -4.04. The number of hydrazine groups is 1. The molecule has 1 aliphatic rings. The normalized spacial score (nSPS) is 13.7. The number of anilines is 1. The van der Waals surface area contributed by atoms with E-state index in [1.54, 1.807) is 0 Å². The Balaban J connectivity index is 1.78. The number of halogens is 2. The van der Waals surface area contributed by atoms with Crippen molar-refractivity contribution in [2.24, 2.45) is 5.92 Å². The number of hydrogen-bond donors (Lipinski definition) is 3. The molecule has 1 saturated carbocycles. The maximum Gasteiger partial charge on any atom is 0.269 e. The van der Waals surface area contributed by atoms with Crippen LogP contribution >= 0.6 is 23.2 Å². The molecule has 1 fully saturated rings. The molecule has 2 aromatic rings. The van der Waals surface area contributed by atoms with Crippen LogP contribution in [-0.2, 0) is 14.8 Å². The molecule has 7 nitrogen and oxygen atoms in total. The number of carbonyl (C=O) groups excluding carboxylic acids is 2. The molecule has 0 aromatic heterocycles. The summed E-state index contributed by atoms with van der Waals surface area (Å²) in [6, 6.07) is 9.87. The van der Waals surface area contributed by atoms with Crippen LogP contribution in [0.4, 0.5) is 5.69 Å². The van der Waals surface area contributed by atoms with Gasteiger partial charge in [-0.2, -0.15) is 0 Å². The molecule has 0 radical (unpaired) electrons. The second-order valence-electron chi connectivity index (χ2n) is 5.98. The van der Waals surface area contributed by atoms with Gasteiger partial charge in [0, 0.05) is 22.2 Å². The minimum Gasteiger partial charge on any atom is -0.280 e. The summed E-state index contributed by atoms with van der Waals surface area (Å²) in [6.07, 6.45) is 1.59. The monoisotopic (exact) mass is 427 g/mol. The molecule has 0 aliphatic heterocycles. The van der Waals surface area contributed by atoms with Crippen molar-refractivity contribution in [3.05, 3.63) is 58.1 Å². The lowest BCUT2D eigenvalue weighted by atomic mass is 10.2. The first kappa shape index (κ1) is 19.5. The molecule has 1 aliphatic carbocycles. The molecule has 10 heteroatoms. The fourth-order valence-corrected chi connectivity index (χ4v) is 3.93. The molecule has 0 unspecified atom stereocenters. The van der Waals surface area contributed by atoms with E-state index in [1.807, 2.05) is 0 Å². The van der Waals surface area contributed by atoms with Crippen molar-refractivity contribution in [2.45, 2.75) is 17.7 Å². The van der Waals surface area contributed by atoms with Crippen LogP contribution in [0.15, 0.2) is 47.4 Å². The third kappa shape index (κ3) is 4.91. The minimum absolute atomic E-state index is 0.0342. The van der Waals surface area contributed by atoms with E-state index in [4.69, 9.17) is 23.2 Å². The van der Waals surface area contributed by atoms with Crippen LogP contribution in [0.5, 0.6) is 0 Å². The highest BCUT2D eigenvalue weighted by atomic mass is 35.5. The standard InChI is InChI=1S/C17H15Cl2N3O4S/c18-12-4-6-13(7-5-12)22-27(25,26)15-9-11(3-8-14(15)19)17(24)21-20-16(23)10-1-2-10/h3-10,22H,1-2H2,(H,20,23)(H,21,24). The molecule has 0 atom stereocenters. The van der Waals surface area contributed by atoms with Gasteiger partial charge >= 0.3 is 0 Å². The maximum absolute atomic E-state index is 12.6. The van der Waals surface area contributed by atoms with Gasteiger partial charge < -0.3 is 0 Å². The molecule has 0 spiro atoms. The first-order valence-corrected chi connectivity index (χ1v) is 10.2. The predicted octanol–water partition coefficient (Wildman–Crippen LogP) is 2.97. The fraction of sp³-hybridized carbons (Fsp3) is 0.176. The number of carbonyl (C=O) groups is 2.